The van der Waals surface area contributed by atoms with E-state index < -0.39 is 0 Å². The Morgan fingerprint density at radius 3 is 2.89 bits per heavy atom. The lowest BCUT2D eigenvalue weighted by molar-refractivity contribution is 0.202. The topological polar surface area (TPSA) is 49.0 Å². The van der Waals surface area contributed by atoms with E-state index >= 15 is 0 Å². The molecule has 2 aliphatic rings. The van der Waals surface area contributed by atoms with E-state index in [1.54, 1.807) is 0 Å². The van der Waals surface area contributed by atoms with Gasteiger partial charge in [0.1, 0.15) is 10.3 Å². The van der Waals surface area contributed by atoms with Gasteiger partial charge in [0.25, 0.3) is 5.56 Å². The first-order chi connectivity index (χ1) is 8.75. The van der Waals surface area contributed by atoms with Gasteiger partial charge in [0, 0.05) is 13.1 Å². The highest BCUT2D eigenvalue weighted by Gasteiger charge is 2.32. The number of hydrogen-bond acceptors (Lipinski definition) is 3. The lowest BCUT2D eigenvalue weighted by Gasteiger charge is -2.41. The second-order valence-corrected chi connectivity index (χ2v) is 6.20. The highest BCUT2D eigenvalue weighted by Crippen LogP contribution is 2.37. The van der Waals surface area contributed by atoms with Gasteiger partial charge in [-0.25, -0.2) is 4.98 Å². The lowest BCUT2D eigenvalue weighted by atomic mass is 9.75. The van der Waals surface area contributed by atoms with Crippen LogP contribution in [0, 0.1) is 11.8 Å². The van der Waals surface area contributed by atoms with Crippen LogP contribution in [-0.2, 0) is 0 Å². The molecule has 98 valence electrons. The summed E-state index contributed by atoms with van der Waals surface area (Å²) in [5.74, 6) is 2.50. The van der Waals surface area contributed by atoms with Crippen LogP contribution in [0.3, 0.4) is 0 Å². The van der Waals surface area contributed by atoms with E-state index in [-0.39, 0.29) is 5.56 Å². The average Bonchev–Trinajstić information content (AvgIpc) is 2.41. The SMILES string of the molecule is O=c1[nH]cnc(N2CCC3CCCCC3C2)c1Br. The molecule has 2 atom stereocenters. The van der Waals surface area contributed by atoms with Crippen LogP contribution in [-0.4, -0.2) is 23.1 Å². The minimum Gasteiger partial charge on any atom is -0.355 e. The van der Waals surface area contributed by atoms with E-state index in [2.05, 4.69) is 30.8 Å². The Bertz CT molecular complexity index is 487. The van der Waals surface area contributed by atoms with Crippen molar-refractivity contribution in [3.8, 4) is 0 Å². The molecule has 1 saturated carbocycles. The van der Waals surface area contributed by atoms with Gasteiger partial charge in [-0.15, -0.1) is 0 Å². The maximum atomic E-state index is 11.6. The molecule has 2 unspecified atom stereocenters. The molecule has 0 radical (unpaired) electrons. The van der Waals surface area contributed by atoms with Crippen molar-refractivity contribution in [2.24, 2.45) is 11.8 Å². The average molecular weight is 312 g/mol. The van der Waals surface area contributed by atoms with E-state index in [1.165, 1.54) is 38.4 Å². The van der Waals surface area contributed by atoms with E-state index in [4.69, 9.17) is 0 Å². The van der Waals surface area contributed by atoms with Crippen molar-refractivity contribution in [2.75, 3.05) is 18.0 Å². The number of nitrogens with one attached hydrogen (secondary N) is 1. The summed E-state index contributed by atoms with van der Waals surface area (Å²) in [6.45, 7) is 2.08. The highest BCUT2D eigenvalue weighted by atomic mass is 79.9. The number of H-pyrrole nitrogens is 1. The van der Waals surface area contributed by atoms with Crippen molar-refractivity contribution in [3.63, 3.8) is 0 Å². The third-order valence-corrected chi connectivity index (χ3v) is 5.08. The molecule has 0 amide bonds. The summed E-state index contributed by atoms with van der Waals surface area (Å²) in [7, 11) is 0. The van der Waals surface area contributed by atoms with E-state index in [0.29, 0.717) is 4.47 Å². The molecule has 1 aromatic rings. The third kappa shape index (κ3) is 2.20. The van der Waals surface area contributed by atoms with Crippen LogP contribution >= 0.6 is 15.9 Å². The van der Waals surface area contributed by atoms with Gasteiger partial charge in [-0.3, -0.25) is 4.79 Å². The summed E-state index contributed by atoms with van der Waals surface area (Å²) in [6, 6.07) is 0. The molecule has 1 aromatic heterocycles. The zero-order valence-electron chi connectivity index (χ0n) is 10.4. The van der Waals surface area contributed by atoms with Gasteiger partial charge in [-0.1, -0.05) is 19.3 Å². The van der Waals surface area contributed by atoms with Gasteiger partial charge < -0.3 is 9.88 Å². The zero-order valence-corrected chi connectivity index (χ0v) is 11.9. The molecule has 3 rings (SSSR count). The Kier molecular flexibility index (Phi) is 3.41. The van der Waals surface area contributed by atoms with Crippen molar-refractivity contribution >= 4 is 21.7 Å². The van der Waals surface area contributed by atoms with E-state index in [1.807, 2.05) is 0 Å². The number of hydrogen-bond donors (Lipinski definition) is 1. The molecule has 1 N–H and O–H groups in total. The third-order valence-electron chi connectivity index (χ3n) is 4.37. The van der Waals surface area contributed by atoms with Crippen LogP contribution < -0.4 is 10.5 Å². The maximum absolute atomic E-state index is 11.6. The molecule has 0 bridgehead atoms. The van der Waals surface area contributed by atoms with Crippen molar-refractivity contribution < 1.29 is 0 Å². The van der Waals surface area contributed by atoms with Crippen molar-refractivity contribution in [2.45, 2.75) is 32.1 Å². The monoisotopic (exact) mass is 311 g/mol. The molecule has 2 fully saturated rings. The number of anilines is 1. The standard InChI is InChI=1S/C13H18BrN3O/c14-11-12(15-8-16-13(11)18)17-6-5-9-3-1-2-4-10(9)7-17/h8-10H,1-7H2,(H,15,16,18). The number of rotatable bonds is 1. The molecule has 2 heterocycles. The first kappa shape index (κ1) is 12.2. The van der Waals surface area contributed by atoms with Crippen molar-refractivity contribution in [3.05, 3.63) is 21.2 Å². The van der Waals surface area contributed by atoms with Gasteiger partial charge in [0.05, 0.1) is 6.33 Å². The molecule has 1 aliphatic heterocycles. The quantitative estimate of drug-likeness (QED) is 0.867. The molecule has 1 saturated heterocycles. The van der Waals surface area contributed by atoms with Gasteiger partial charge in [-0.2, -0.15) is 0 Å². The fraction of sp³-hybridized carbons (Fsp3) is 0.692. The summed E-state index contributed by atoms with van der Waals surface area (Å²) in [4.78, 5) is 20.8. The first-order valence-electron chi connectivity index (χ1n) is 6.74. The molecular formula is C13H18BrN3O. The van der Waals surface area contributed by atoms with Crippen molar-refractivity contribution in [1.29, 1.82) is 0 Å². The highest BCUT2D eigenvalue weighted by molar-refractivity contribution is 9.10. The van der Waals surface area contributed by atoms with Crippen LogP contribution in [0.5, 0.6) is 0 Å². The number of halogens is 1. The second kappa shape index (κ2) is 5.03. The Morgan fingerprint density at radius 1 is 1.28 bits per heavy atom. The van der Waals surface area contributed by atoms with Crippen LogP contribution in [0.1, 0.15) is 32.1 Å². The summed E-state index contributed by atoms with van der Waals surface area (Å²) >= 11 is 3.36. The smallest absolute Gasteiger partial charge is 0.267 e. The summed E-state index contributed by atoms with van der Waals surface area (Å²) < 4.78 is 0.569. The molecule has 0 aromatic carbocycles. The molecule has 5 heteroatoms. The number of aromatic amines is 1. The minimum absolute atomic E-state index is 0.0919. The predicted molar refractivity (Wildman–Crippen MR) is 74.8 cm³/mol. The Morgan fingerprint density at radius 2 is 2.06 bits per heavy atom. The van der Waals surface area contributed by atoms with Crippen LogP contribution in [0.2, 0.25) is 0 Å². The number of fused-ring (bicyclic) bond motifs is 1. The van der Waals surface area contributed by atoms with Crippen LogP contribution in [0.25, 0.3) is 0 Å². The van der Waals surface area contributed by atoms with Gasteiger partial charge >= 0.3 is 0 Å². The second-order valence-electron chi connectivity index (χ2n) is 5.41. The van der Waals surface area contributed by atoms with Gasteiger partial charge in [-0.05, 0) is 40.6 Å². The normalized spacial score (nSPS) is 27.9. The number of aromatic nitrogens is 2. The van der Waals surface area contributed by atoms with Gasteiger partial charge in [0.15, 0.2) is 0 Å². The Hall–Kier alpha value is -0.840. The molecule has 0 spiro atoms. The molecule has 4 nitrogen and oxygen atoms in total. The Balaban J connectivity index is 1.81. The first-order valence-corrected chi connectivity index (χ1v) is 7.53. The summed E-state index contributed by atoms with van der Waals surface area (Å²) in [5, 5.41) is 0. The van der Waals surface area contributed by atoms with Crippen LogP contribution in [0.15, 0.2) is 15.6 Å². The van der Waals surface area contributed by atoms with Crippen molar-refractivity contribution in [1.82, 2.24) is 9.97 Å². The molecule has 1 aliphatic carbocycles. The fourth-order valence-electron chi connectivity index (χ4n) is 3.39. The summed E-state index contributed by atoms with van der Waals surface area (Å²) in [6.07, 6.45) is 8.22. The number of nitrogens with zero attached hydrogens (tertiary/aromatic N) is 2. The summed E-state index contributed by atoms with van der Waals surface area (Å²) in [5.41, 5.74) is -0.0919. The minimum atomic E-state index is -0.0919. The van der Waals surface area contributed by atoms with Gasteiger partial charge in [0.2, 0.25) is 0 Å². The Labute approximate surface area is 115 Å². The molecule has 18 heavy (non-hydrogen) atoms. The molecular weight excluding hydrogens is 294 g/mol. The van der Waals surface area contributed by atoms with E-state index in [0.717, 1.165) is 30.7 Å². The fourth-order valence-corrected chi connectivity index (χ4v) is 3.85. The maximum Gasteiger partial charge on any atom is 0.267 e. The van der Waals surface area contributed by atoms with E-state index in [9.17, 15) is 4.79 Å². The number of piperidine rings is 1. The predicted octanol–water partition coefficient (Wildman–Crippen LogP) is 2.55. The lowest BCUT2D eigenvalue weighted by Crippen LogP contribution is -2.42. The van der Waals surface area contributed by atoms with Crippen LogP contribution in [0.4, 0.5) is 5.82 Å². The zero-order chi connectivity index (χ0) is 12.5. The largest absolute Gasteiger partial charge is 0.355 e.